The minimum atomic E-state index is -0.170. The Morgan fingerprint density at radius 1 is 1.00 bits per heavy atom. The summed E-state index contributed by atoms with van der Waals surface area (Å²) in [4.78, 5) is 12.0. The summed E-state index contributed by atoms with van der Waals surface area (Å²) in [6, 6.07) is 20.5. The van der Waals surface area contributed by atoms with Crippen molar-refractivity contribution in [3.63, 3.8) is 0 Å². The van der Waals surface area contributed by atoms with Gasteiger partial charge in [0.05, 0.1) is 12.6 Å². The minimum absolute atomic E-state index is 0.170. The monoisotopic (exact) mass is 304 g/mol. The second-order valence-corrected chi connectivity index (χ2v) is 5.20. The van der Waals surface area contributed by atoms with E-state index in [2.05, 4.69) is 10.5 Å². The highest BCUT2D eigenvalue weighted by atomic mass is 16.3. The summed E-state index contributed by atoms with van der Waals surface area (Å²) in [5.41, 5.74) is 4.30. The second kappa shape index (κ2) is 6.75. The van der Waals surface area contributed by atoms with Crippen LogP contribution in [0.5, 0.6) is 5.75 Å². The summed E-state index contributed by atoms with van der Waals surface area (Å²) in [7, 11) is 0. The van der Waals surface area contributed by atoms with E-state index in [9.17, 15) is 9.90 Å². The number of nitrogens with one attached hydrogen (secondary N) is 1. The third-order valence-electron chi connectivity index (χ3n) is 3.53. The number of benzene rings is 3. The van der Waals surface area contributed by atoms with E-state index in [0.29, 0.717) is 0 Å². The number of carbonyl (C=O) groups is 1. The zero-order chi connectivity index (χ0) is 16.1. The van der Waals surface area contributed by atoms with Gasteiger partial charge in [-0.25, -0.2) is 5.43 Å². The molecule has 4 nitrogen and oxygen atoms in total. The van der Waals surface area contributed by atoms with E-state index in [0.717, 1.165) is 21.9 Å². The molecule has 0 saturated heterocycles. The zero-order valence-corrected chi connectivity index (χ0v) is 12.4. The molecular weight excluding hydrogens is 288 g/mol. The molecule has 114 valence electrons. The van der Waals surface area contributed by atoms with Crippen LogP contribution in [-0.4, -0.2) is 17.2 Å². The molecular formula is C19H16N2O2. The van der Waals surface area contributed by atoms with E-state index in [4.69, 9.17) is 0 Å². The van der Waals surface area contributed by atoms with Crippen molar-refractivity contribution in [2.45, 2.75) is 6.42 Å². The zero-order valence-electron chi connectivity index (χ0n) is 12.4. The molecule has 0 aromatic heterocycles. The highest BCUT2D eigenvalue weighted by Crippen LogP contribution is 2.18. The fourth-order valence-corrected chi connectivity index (χ4v) is 2.40. The molecule has 0 saturated carbocycles. The molecule has 0 aliphatic heterocycles. The van der Waals surface area contributed by atoms with E-state index in [-0.39, 0.29) is 18.1 Å². The summed E-state index contributed by atoms with van der Waals surface area (Å²) < 4.78 is 0. The number of phenolic OH excluding ortho intramolecular Hbond substituents is 1. The lowest BCUT2D eigenvalue weighted by Crippen LogP contribution is -2.19. The third-order valence-corrected chi connectivity index (χ3v) is 3.53. The number of phenols is 1. The molecule has 0 fully saturated rings. The number of hydrogen-bond donors (Lipinski definition) is 2. The van der Waals surface area contributed by atoms with E-state index < -0.39 is 0 Å². The van der Waals surface area contributed by atoms with Gasteiger partial charge < -0.3 is 5.11 Å². The van der Waals surface area contributed by atoms with Gasteiger partial charge in [-0.05, 0) is 46.2 Å². The standard InChI is InChI=1S/C19H16N2O2/c22-17-10-8-14(9-11-17)13-20-21-19(23)12-16-6-3-5-15-4-1-2-7-18(15)16/h1-11,13,22H,12H2,(H,21,23). The Morgan fingerprint density at radius 3 is 2.57 bits per heavy atom. The van der Waals surface area contributed by atoms with Gasteiger partial charge in [0.1, 0.15) is 5.75 Å². The molecule has 0 aliphatic carbocycles. The average molecular weight is 304 g/mol. The maximum Gasteiger partial charge on any atom is 0.244 e. The first-order chi connectivity index (χ1) is 11.2. The maximum atomic E-state index is 12.0. The molecule has 0 spiro atoms. The molecule has 0 radical (unpaired) electrons. The molecule has 3 aromatic rings. The molecule has 4 heteroatoms. The van der Waals surface area contributed by atoms with E-state index in [1.807, 2.05) is 42.5 Å². The minimum Gasteiger partial charge on any atom is -0.508 e. The Balaban J connectivity index is 1.66. The summed E-state index contributed by atoms with van der Waals surface area (Å²) in [6.45, 7) is 0. The second-order valence-electron chi connectivity index (χ2n) is 5.20. The smallest absolute Gasteiger partial charge is 0.244 e. The van der Waals surface area contributed by atoms with Crippen molar-refractivity contribution in [2.75, 3.05) is 0 Å². The molecule has 0 atom stereocenters. The lowest BCUT2D eigenvalue weighted by atomic mass is 10.0. The molecule has 0 heterocycles. The number of amides is 1. The van der Waals surface area contributed by atoms with E-state index in [1.54, 1.807) is 30.5 Å². The van der Waals surface area contributed by atoms with Crippen LogP contribution in [0.3, 0.4) is 0 Å². The predicted molar refractivity (Wildman–Crippen MR) is 91.5 cm³/mol. The van der Waals surface area contributed by atoms with Crippen LogP contribution in [0.2, 0.25) is 0 Å². The van der Waals surface area contributed by atoms with Gasteiger partial charge in [0, 0.05) is 0 Å². The number of aromatic hydroxyl groups is 1. The number of rotatable bonds is 4. The van der Waals surface area contributed by atoms with Crippen molar-refractivity contribution in [3.05, 3.63) is 77.9 Å². The molecule has 23 heavy (non-hydrogen) atoms. The molecule has 3 rings (SSSR count). The van der Waals surface area contributed by atoms with Gasteiger partial charge in [-0.15, -0.1) is 0 Å². The van der Waals surface area contributed by atoms with Crippen molar-refractivity contribution < 1.29 is 9.90 Å². The Labute approximate surface area is 134 Å². The van der Waals surface area contributed by atoms with Gasteiger partial charge in [-0.2, -0.15) is 5.10 Å². The highest BCUT2D eigenvalue weighted by molar-refractivity contribution is 5.90. The van der Waals surface area contributed by atoms with Gasteiger partial charge in [0.15, 0.2) is 0 Å². The summed E-state index contributed by atoms with van der Waals surface area (Å²) in [5.74, 6) is 0.0264. The van der Waals surface area contributed by atoms with Gasteiger partial charge in [-0.3, -0.25) is 4.79 Å². The first-order valence-electron chi connectivity index (χ1n) is 7.30. The number of carbonyl (C=O) groups excluding carboxylic acids is 1. The number of fused-ring (bicyclic) bond motifs is 1. The largest absolute Gasteiger partial charge is 0.508 e. The van der Waals surface area contributed by atoms with Crippen molar-refractivity contribution in [1.29, 1.82) is 0 Å². The maximum absolute atomic E-state index is 12.0. The molecule has 0 aliphatic rings. The predicted octanol–water partition coefficient (Wildman–Crippen LogP) is 3.24. The van der Waals surface area contributed by atoms with E-state index in [1.165, 1.54) is 0 Å². The molecule has 3 aromatic carbocycles. The van der Waals surface area contributed by atoms with Crippen LogP contribution in [0.1, 0.15) is 11.1 Å². The fourth-order valence-electron chi connectivity index (χ4n) is 2.40. The molecule has 0 unspecified atom stereocenters. The van der Waals surface area contributed by atoms with Crippen LogP contribution in [0, 0.1) is 0 Å². The first-order valence-corrected chi connectivity index (χ1v) is 7.30. The first kappa shape index (κ1) is 14.8. The summed E-state index contributed by atoms with van der Waals surface area (Å²) >= 11 is 0. The molecule has 0 bridgehead atoms. The average Bonchev–Trinajstić information content (AvgIpc) is 2.57. The highest BCUT2D eigenvalue weighted by Gasteiger charge is 2.05. The van der Waals surface area contributed by atoms with Crippen LogP contribution in [0.25, 0.3) is 10.8 Å². The Hall–Kier alpha value is -3.14. The lowest BCUT2D eigenvalue weighted by Gasteiger charge is -2.05. The molecule has 1 amide bonds. The van der Waals surface area contributed by atoms with Gasteiger partial charge in [-0.1, -0.05) is 42.5 Å². The van der Waals surface area contributed by atoms with Gasteiger partial charge in [0.2, 0.25) is 5.91 Å². The van der Waals surface area contributed by atoms with Crippen molar-refractivity contribution >= 4 is 22.9 Å². The fraction of sp³-hybridized carbons (Fsp3) is 0.0526. The SMILES string of the molecule is O=C(Cc1cccc2ccccc12)NN=Cc1ccc(O)cc1. The summed E-state index contributed by atoms with van der Waals surface area (Å²) in [5, 5.41) is 15.3. The normalized spacial score (nSPS) is 11.0. The van der Waals surface area contributed by atoms with Crippen LogP contribution < -0.4 is 5.43 Å². The Bertz CT molecular complexity index is 849. The van der Waals surface area contributed by atoms with Crippen LogP contribution >= 0.6 is 0 Å². The topological polar surface area (TPSA) is 61.7 Å². The Morgan fingerprint density at radius 2 is 1.74 bits per heavy atom. The van der Waals surface area contributed by atoms with E-state index >= 15 is 0 Å². The van der Waals surface area contributed by atoms with Crippen molar-refractivity contribution in [1.82, 2.24) is 5.43 Å². The van der Waals surface area contributed by atoms with Crippen LogP contribution in [0.15, 0.2) is 71.8 Å². The number of nitrogens with zero attached hydrogens (tertiary/aromatic N) is 1. The lowest BCUT2D eigenvalue weighted by molar-refractivity contribution is -0.120. The molecule has 2 N–H and O–H groups in total. The van der Waals surface area contributed by atoms with Gasteiger partial charge in [0.25, 0.3) is 0 Å². The van der Waals surface area contributed by atoms with Crippen LogP contribution in [-0.2, 0) is 11.2 Å². The summed E-state index contributed by atoms with van der Waals surface area (Å²) in [6.07, 6.45) is 1.81. The number of hydrogen-bond acceptors (Lipinski definition) is 3. The van der Waals surface area contributed by atoms with Crippen molar-refractivity contribution in [3.8, 4) is 5.75 Å². The Kier molecular flexibility index (Phi) is 4.34. The third kappa shape index (κ3) is 3.74. The van der Waals surface area contributed by atoms with Gasteiger partial charge >= 0.3 is 0 Å². The number of hydrazone groups is 1. The quantitative estimate of drug-likeness (QED) is 0.574. The van der Waals surface area contributed by atoms with Crippen LogP contribution in [0.4, 0.5) is 0 Å². The van der Waals surface area contributed by atoms with Crippen molar-refractivity contribution in [2.24, 2.45) is 5.10 Å².